The average Bonchev–Trinajstić information content (AvgIpc) is 3.34. The third-order valence-corrected chi connectivity index (χ3v) is 6.01. The number of hydrogen-bond acceptors (Lipinski definition) is 5. The first-order valence-corrected chi connectivity index (χ1v) is 9.80. The fourth-order valence-electron chi connectivity index (χ4n) is 4.52. The molecule has 3 aliphatic heterocycles. The Morgan fingerprint density at radius 1 is 1.32 bits per heavy atom. The Bertz CT molecular complexity index is 582. The van der Waals surface area contributed by atoms with E-state index in [0.29, 0.717) is 18.2 Å². The summed E-state index contributed by atoms with van der Waals surface area (Å²) in [5, 5.41) is 7.71. The molecule has 25 heavy (non-hydrogen) atoms. The fraction of sp³-hybridized carbons (Fsp3) is 0.789. The lowest BCUT2D eigenvalue weighted by atomic mass is 9.75. The predicted octanol–water partition coefficient (Wildman–Crippen LogP) is 2.10. The van der Waals surface area contributed by atoms with Crippen molar-refractivity contribution in [3.63, 3.8) is 0 Å². The molecular formula is C19H29N3O3. The zero-order valence-electron chi connectivity index (χ0n) is 15.0. The molecule has 0 aliphatic carbocycles. The Morgan fingerprint density at radius 2 is 2.20 bits per heavy atom. The van der Waals surface area contributed by atoms with Gasteiger partial charge >= 0.3 is 0 Å². The van der Waals surface area contributed by atoms with Gasteiger partial charge < -0.3 is 19.5 Å². The van der Waals surface area contributed by atoms with Gasteiger partial charge in [-0.25, -0.2) is 0 Å². The van der Waals surface area contributed by atoms with Crippen molar-refractivity contribution in [2.45, 2.75) is 50.9 Å². The molecule has 1 aromatic rings. The van der Waals surface area contributed by atoms with Gasteiger partial charge in [0.1, 0.15) is 5.76 Å². The lowest BCUT2D eigenvalue weighted by molar-refractivity contribution is -0.144. The molecule has 2 atom stereocenters. The van der Waals surface area contributed by atoms with Gasteiger partial charge in [0.15, 0.2) is 0 Å². The van der Waals surface area contributed by atoms with E-state index in [9.17, 15) is 4.79 Å². The highest BCUT2D eigenvalue weighted by Gasteiger charge is 2.43. The van der Waals surface area contributed by atoms with E-state index in [1.165, 1.54) is 6.42 Å². The molecule has 0 radical (unpaired) electrons. The summed E-state index contributed by atoms with van der Waals surface area (Å²) < 4.78 is 11.1. The third-order valence-electron chi connectivity index (χ3n) is 6.01. The Kier molecular flexibility index (Phi) is 5.08. The minimum Gasteiger partial charge on any atom is -0.381 e. The minimum atomic E-state index is -0.376. The molecule has 0 aromatic carbocycles. The Balaban J connectivity index is 1.51. The molecule has 0 saturated carbocycles. The van der Waals surface area contributed by atoms with E-state index in [0.717, 1.165) is 83.0 Å². The van der Waals surface area contributed by atoms with Gasteiger partial charge in [-0.2, -0.15) is 0 Å². The van der Waals surface area contributed by atoms with Crippen LogP contribution < -0.4 is 5.32 Å². The molecule has 3 fully saturated rings. The molecule has 1 amide bonds. The maximum atomic E-state index is 13.3. The van der Waals surface area contributed by atoms with Crippen LogP contribution in [0.25, 0.3) is 0 Å². The molecule has 3 saturated heterocycles. The normalized spacial score (nSPS) is 30.6. The molecule has 1 N–H and O–H groups in total. The van der Waals surface area contributed by atoms with Crippen LogP contribution in [0.2, 0.25) is 0 Å². The summed E-state index contributed by atoms with van der Waals surface area (Å²) in [6.07, 6.45) is 7.12. The second-order valence-corrected chi connectivity index (χ2v) is 7.87. The highest BCUT2D eigenvalue weighted by Crippen LogP contribution is 2.35. The van der Waals surface area contributed by atoms with Crippen molar-refractivity contribution < 1.29 is 14.1 Å². The van der Waals surface area contributed by atoms with Gasteiger partial charge in [-0.15, -0.1) is 0 Å². The van der Waals surface area contributed by atoms with Crippen molar-refractivity contribution in [3.8, 4) is 0 Å². The van der Waals surface area contributed by atoms with Crippen LogP contribution in [0, 0.1) is 5.41 Å². The monoisotopic (exact) mass is 347 g/mol. The fourth-order valence-corrected chi connectivity index (χ4v) is 4.52. The number of amides is 1. The second-order valence-electron chi connectivity index (χ2n) is 7.87. The van der Waals surface area contributed by atoms with Crippen LogP contribution in [-0.2, 0) is 16.0 Å². The van der Waals surface area contributed by atoms with E-state index >= 15 is 0 Å². The summed E-state index contributed by atoms with van der Waals surface area (Å²) in [7, 11) is 0. The quantitative estimate of drug-likeness (QED) is 0.903. The van der Waals surface area contributed by atoms with Crippen LogP contribution in [0.15, 0.2) is 10.6 Å². The van der Waals surface area contributed by atoms with Crippen LogP contribution in [0.4, 0.5) is 0 Å². The Morgan fingerprint density at radius 3 is 2.92 bits per heavy atom. The number of carbonyl (C=O) groups is 1. The number of carbonyl (C=O) groups excluding carboxylic acids is 1. The minimum absolute atomic E-state index is 0.307. The van der Waals surface area contributed by atoms with Crippen molar-refractivity contribution in [3.05, 3.63) is 17.5 Å². The molecule has 3 aliphatic rings. The van der Waals surface area contributed by atoms with Gasteiger partial charge in [-0.3, -0.25) is 4.79 Å². The number of aromatic nitrogens is 1. The molecule has 0 bridgehead atoms. The van der Waals surface area contributed by atoms with Gasteiger partial charge in [0.25, 0.3) is 0 Å². The van der Waals surface area contributed by atoms with E-state index in [2.05, 4.69) is 21.4 Å². The summed E-state index contributed by atoms with van der Waals surface area (Å²) in [6.45, 7) is 5.07. The Labute approximate surface area is 149 Å². The zero-order chi connectivity index (χ0) is 17.1. The molecule has 6 nitrogen and oxygen atoms in total. The lowest BCUT2D eigenvalue weighted by Gasteiger charge is -2.40. The van der Waals surface area contributed by atoms with Gasteiger partial charge in [-0.05, 0) is 45.1 Å². The summed E-state index contributed by atoms with van der Waals surface area (Å²) in [6, 6.07) is 2.05. The zero-order valence-corrected chi connectivity index (χ0v) is 15.0. The summed E-state index contributed by atoms with van der Waals surface area (Å²) in [5.41, 5.74) is 0.607. The van der Waals surface area contributed by atoms with Gasteiger partial charge in [0, 0.05) is 44.6 Å². The number of likely N-dealkylation sites (tertiary alicyclic amines) is 1. The van der Waals surface area contributed by atoms with Crippen LogP contribution in [0.3, 0.4) is 0 Å². The van der Waals surface area contributed by atoms with E-state index in [-0.39, 0.29) is 5.41 Å². The number of ether oxygens (including phenoxy) is 1. The van der Waals surface area contributed by atoms with E-state index in [1.807, 2.05) is 0 Å². The van der Waals surface area contributed by atoms with Gasteiger partial charge in [0.05, 0.1) is 17.7 Å². The number of hydrogen-bond donors (Lipinski definition) is 1. The lowest BCUT2D eigenvalue weighted by Crippen LogP contribution is -2.54. The second kappa shape index (κ2) is 7.46. The van der Waals surface area contributed by atoms with Crippen molar-refractivity contribution in [2.24, 2.45) is 5.41 Å². The molecule has 1 aromatic heterocycles. The largest absolute Gasteiger partial charge is 0.381 e. The van der Waals surface area contributed by atoms with Gasteiger partial charge in [-0.1, -0.05) is 5.16 Å². The van der Waals surface area contributed by atoms with Crippen LogP contribution in [0.1, 0.15) is 55.9 Å². The smallest absolute Gasteiger partial charge is 0.230 e. The number of nitrogens with one attached hydrogen (secondary N) is 1. The molecule has 4 heterocycles. The van der Waals surface area contributed by atoms with Crippen molar-refractivity contribution in [1.29, 1.82) is 0 Å². The predicted molar refractivity (Wildman–Crippen MR) is 93.4 cm³/mol. The van der Waals surface area contributed by atoms with Crippen LogP contribution in [-0.4, -0.2) is 55.4 Å². The molecule has 0 spiro atoms. The van der Waals surface area contributed by atoms with Crippen molar-refractivity contribution >= 4 is 5.91 Å². The molecular weight excluding hydrogens is 318 g/mol. The molecule has 6 heteroatoms. The number of piperidine rings is 2. The van der Waals surface area contributed by atoms with E-state index in [4.69, 9.17) is 9.26 Å². The first-order valence-electron chi connectivity index (χ1n) is 9.80. The van der Waals surface area contributed by atoms with Crippen molar-refractivity contribution in [2.75, 3.05) is 39.4 Å². The first kappa shape index (κ1) is 17.0. The van der Waals surface area contributed by atoms with Crippen LogP contribution >= 0.6 is 0 Å². The standard InChI is InChI=1S/C19H29N3O3/c23-18(22-8-2-1-3-9-22)19(6-4-7-20-14-19)12-16-11-17(21-25-16)15-5-10-24-13-15/h11,15,20H,1-10,12-14H2/t15-,19+/m0/s1. The molecule has 138 valence electrons. The molecule has 0 unspecified atom stereocenters. The number of rotatable bonds is 4. The summed E-state index contributed by atoms with van der Waals surface area (Å²) >= 11 is 0. The highest BCUT2D eigenvalue weighted by atomic mass is 16.5. The maximum absolute atomic E-state index is 13.3. The Hall–Kier alpha value is -1.40. The maximum Gasteiger partial charge on any atom is 0.230 e. The van der Waals surface area contributed by atoms with Crippen LogP contribution in [0.5, 0.6) is 0 Å². The SMILES string of the molecule is O=C(N1CCCCC1)[C@@]1(Cc2cc([C@H]3CCOC3)no2)CCCNC1. The van der Waals surface area contributed by atoms with E-state index < -0.39 is 0 Å². The van der Waals surface area contributed by atoms with Gasteiger partial charge in [0.2, 0.25) is 5.91 Å². The summed E-state index contributed by atoms with van der Waals surface area (Å²) in [4.78, 5) is 15.4. The average molecular weight is 347 g/mol. The number of nitrogens with zero attached hydrogens (tertiary/aromatic N) is 2. The highest BCUT2D eigenvalue weighted by molar-refractivity contribution is 5.83. The summed E-state index contributed by atoms with van der Waals surface area (Å²) in [5.74, 6) is 1.49. The first-order chi connectivity index (χ1) is 12.3. The topological polar surface area (TPSA) is 67.6 Å². The molecule has 4 rings (SSSR count). The van der Waals surface area contributed by atoms with E-state index in [1.54, 1.807) is 0 Å². The van der Waals surface area contributed by atoms with Crippen molar-refractivity contribution in [1.82, 2.24) is 15.4 Å². The third kappa shape index (κ3) is 3.60.